The number of carbonyl (C=O) groups is 3. The van der Waals surface area contributed by atoms with E-state index in [0.29, 0.717) is 11.1 Å². The van der Waals surface area contributed by atoms with E-state index in [9.17, 15) is 14.4 Å². The molecule has 2 amide bonds. The Labute approximate surface area is 116 Å². The maximum Gasteiger partial charge on any atom is 0.328 e. The Hall–Kier alpha value is -2.63. The molecule has 20 heavy (non-hydrogen) atoms. The summed E-state index contributed by atoms with van der Waals surface area (Å²) in [6.07, 6.45) is 2.39. The average Bonchev–Trinajstić information content (AvgIpc) is 2.36. The molecular formula is C14H16N2O4. The Morgan fingerprint density at radius 1 is 1.35 bits per heavy atom. The molecule has 0 aromatic heterocycles. The Kier molecular flexibility index (Phi) is 5.02. The molecule has 0 spiro atoms. The fraction of sp³-hybridized carbons (Fsp3) is 0.214. The molecular weight excluding hydrogens is 260 g/mol. The number of aryl methyl sites for hydroxylation is 1. The molecule has 0 saturated carbocycles. The second kappa shape index (κ2) is 6.51. The predicted octanol–water partition coefficient (Wildman–Crippen LogP) is 0.650. The van der Waals surface area contributed by atoms with Crippen molar-refractivity contribution in [1.29, 1.82) is 0 Å². The van der Waals surface area contributed by atoms with Gasteiger partial charge in [0.25, 0.3) is 5.91 Å². The van der Waals surface area contributed by atoms with E-state index in [1.54, 1.807) is 25.1 Å². The lowest BCUT2D eigenvalue weighted by Crippen LogP contribution is -2.35. The normalized spacial score (nSPS) is 10.5. The highest BCUT2D eigenvalue weighted by atomic mass is 16.4. The quantitative estimate of drug-likeness (QED) is 0.771. The van der Waals surface area contributed by atoms with Gasteiger partial charge in [-0.1, -0.05) is 12.1 Å². The van der Waals surface area contributed by atoms with Crippen molar-refractivity contribution in [1.82, 2.24) is 4.90 Å². The third-order valence-electron chi connectivity index (χ3n) is 2.65. The van der Waals surface area contributed by atoms with E-state index < -0.39 is 11.9 Å². The topological polar surface area (TPSA) is 101 Å². The van der Waals surface area contributed by atoms with Crippen LogP contribution in [0.1, 0.15) is 21.5 Å². The number of likely N-dealkylation sites (N-methyl/N-ethyl adjacent to an activating group) is 1. The van der Waals surface area contributed by atoms with Gasteiger partial charge >= 0.3 is 5.97 Å². The number of aliphatic carboxylic acids is 1. The molecule has 0 unspecified atom stereocenters. The van der Waals surface area contributed by atoms with Gasteiger partial charge in [-0.05, 0) is 30.2 Å². The first-order valence-electron chi connectivity index (χ1n) is 5.86. The number of rotatable bonds is 5. The Bertz CT molecular complexity index is 579. The van der Waals surface area contributed by atoms with Crippen LogP contribution >= 0.6 is 0 Å². The lowest BCUT2D eigenvalue weighted by Gasteiger charge is -2.16. The summed E-state index contributed by atoms with van der Waals surface area (Å²) in [6.45, 7) is 1.59. The minimum atomic E-state index is -1.07. The van der Waals surface area contributed by atoms with Crippen LogP contribution in [-0.4, -0.2) is 41.4 Å². The Morgan fingerprint density at radius 3 is 2.55 bits per heavy atom. The SMILES string of the molecule is Cc1ccc(C=CC(=O)O)cc1C(=O)N(C)CC(N)=O. The molecule has 0 bridgehead atoms. The standard InChI is InChI=1S/C14H16N2O4/c1-9-3-4-10(5-6-13(18)19)7-11(9)14(20)16(2)8-12(15)17/h3-7H,8H2,1-2H3,(H2,15,17)(H,18,19). The fourth-order valence-electron chi connectivity index (χ4n) is 1.65. The van der Waals surface area contributed by atoms with Crippen LogP contribution in [0.15, 0.2) is 24.3 Å². The van der Waals surface area contributed by atoms with Crippen molar-refractivity contribution in [2.45, 2.75) is 6.92 Å². The van der Waals surface area contributed by atoms with Crippen LogP contribution in [0.5, 0.6) is 0 Å². The van der Waals surface area contributed by atoms with Crippen molar-refractivity contribution >= 4 is 23.9 Å². The zero-order chi connectivity index (χ0) is 15.3. The molecule has 6 heteroatoms. The van der Waals surface area contributed by atoms with E-state index in [1.165, 1.54) is 18.0 Å². The molecule has 0 aliphatic rings. The predicted molar refractivity (Wildman–Crippen MR) is 74.0 cm³/mol. The van der Waals surface area contributed by atoms with E-state index in [4.69, 9.17) is 10.8 Å². The van der Waals surface area contributed by atoms with Gasteiger partial charge in [0.1, 0.15) is 0 Å². The number of benzene rings is 1. The molecule has 0 atom stereocenters. The zero-order valence-electron chi connectivity index (χ0n) is 11.3. The number of carboxylic acids is 1. The molecule has 1 aromatic rings. The molecule has 1 aromatic carbocycles. The van der Waals surface area contributed by atoms with Gasteiger partial charge in [0.2, 0.25) is 5.91 Å². The summed E-state index contributed by atoms with van der Waals surface area (Å²) in [7, 11) is 1.48. The third kappa shape index (κ3) is 4.24. The molecule has 0 aliphatic heterocycles. The maximum atomic E-state index is 12.2. The van der Waals surface area contributed by atoms with Crippen LogP contribution in [-0.2, 0) is 9.59 Å². The van der Waals surface area contributed by atoms with E-state index in [2.05, 4.69) is 0 Å². The van der Waals surface area contributed by atoms with Crippen LogP contribution in [0.25, 0.3) is 6.08 Å². The van der Waals surface area contributed by atoms with Crippen LogP contribution in [0.3, 0.4) is 0 Å². The molecule has 6 nitrogen and oxygen atoms in total. The number of amides is 2. The molecule has 0 saturated heterocycles. The summed E-state index contributed by atoms with van der Waals surface area (Å²) in [5, 5.41) is 8.58. The first kappa shape index (κ1) is 15.4. The molecule has 0 heterocycles. The lowest BCUT2D eigenvalue weighted by atomic mass is 10.0. The van der Waals surface area contributed by atoms with Crippen molar-refractivity contribution in [3.05, 3.63) is 41.0 Å². The average molecular weight is 276 g/mol. The monoisotopic (exact) mass is 276 g/mol. The van der Waals surface area contributed by atoms with Gasteiger partial charge in [-0.15, -0.1) is 0 Å². The number of hydrogen-bond acceptors (Lipinski definition) is 3. The Morgan fingerprint density at radius 2 is 2.00 bits per heavy atom. The minimum Gasteiger partial charge on any atom is -0.478 e. The largest absolute Gasteiger partial charge is 0.478 e. The van der Waals surface area contributed by atoms with Gasteiger partial charge in [0, 0.05) is 18.7 Å². The number of nitrogens with zero attached hydrogens (tertiary/aromatic N) is 1. The molecule has 106 valence electrons. The molecule has 0 fully saturated rings. The van der Waals surface area contributed by atoms with Crippen LogP contribution in [0.4, 0.5) is 0 Å². The highest BCUT2D eigenvalue weighted by Gasteiger charge is 2.15. The molecule has 0 aliphatic carbocycles. The van der Waals surface area contributed by atoms with E-state index >= 15 is 0 Å². The Balaban J connectivity index is 3.04. The summed E-state index contributed by atoms with van der Waals surface area (Å²) < 4.78 is 0. The number of nitrogens with two attached hydrogens (primary N) is 1. The first-order valence-corrected chi connectivity index (χ1v) is 5.86. The van der Waals surface area contributed by atoms with Gasteiger partial charge in [-0.3, -0.25) is 9.59 Å². The summed E-state index contributed by atoms with van der Waals surface area (Å²) in [5.74, 6) is -2.00. The molecule has 3 N–H and O–H groups in total. The van der Waals surface area contributed by atoms with Gasteiger partial charge < -0.3 is 15.7 Å². The van der Waals surface area contributed by atoms with Crippen molar-refractivity contribution in [2.24, 2.45) is 5.73 Å². The second-order valence-corrected chi connectivity index (χ2v) is 4.37. The van der Waals surface area contributed by atoms with Gasteiger partial charge in [0.15, 0.2) is 0 Å². The van der Waals surface area contributed by atoms with Crippen LogP contribution in [0.2, 0.25) is 0 Å². The summed E-state index contributed by atoms with van der Waals surface area (Å²) in [5.41, 5.74) is 6.78. The van der Waals surface area contributed by atoms with Gasteiger partial charge in [0.05, 0.1) is 6.54 Å². The summed E-state index contributed by atoms with van der Waals surface area (Å²) in [6, 6.07) is 5.00. The first-order chi connectivity index (χ1) is 9.31. The third-order valence-corrected chi connectivity index (χ3v) is 2.65. The molecule has 1 rings (SSSR count). The van der Waals surface area contributed by atoms with Crippen LogP contribution < -0.4 is 5.73 Å². The maximum absolute atomic E-state index is 12.2. The highest BCUT2D eigenvalue weighted by molar-refractivity contribution is 5.98. The van der Waals surface area contributed by atoms with Crippen LogP contribution in [0, 0.1) is 6.92 Å². The van der Waals surface area contributed by atoms with Gasteiger partial charge in [-0.25, -0.2) is 4.79 Å². The van der Waals surface area contributed by atoms with Crippen molar-refractivity contribution in [3.63, 3.8) is 0 Å². The zero-order valence-corrected chi connectivity index (χ0v) is 11.3. The lowest BCUT2D eigenvalue weighted by molar-refractivity contribution is -0.131. The van der Waals surface area contributed by atoms with E-state index in [1.807, 2.05) is 0 Å². The molecule has 0 radical (unpaired) electrons. The highest BCUT2D eigenvalue weighted by Crippen LogP contribution is 2.14. The smallest absolute Gasteiger partial charge is 0.328 e. The summed E-state index contributed by atoms with van der Waals surface area (Å²) in [4.78, 5) is 34.7. The van der Waals surface area contributed by atoms with Crippen molar-refractivity contribution < 1.29 is 19.5 Å². The number of carbonyl (C=O) groups excluding carboxylic acids is 2. The fourth-order valence-corrected chi connectivity index (χ4v) is 1.65. The van der Waals surface area contributed by atoms with Gasteiger partial charge in [-0.2, -0.15) is 0 Å². The summed E-state index contributed by atoms with van der Waals surface area (Å²) >= 11 is 0. The number of carboxylic acid groups (broad SMARTS) is 1. The van der Waals surface area contributed by atoms with Crippen molar-refractivity contribution in [3.8, 4) is 0 Å². The second-order valence-electron chi connectivity index (χ2n) is 4.37. The number of primary amides is 1. The number of hydrogen-bond donors (Lipinski definition) is 2. The minimum absolute atomic E-state index is 0.173. The van der Waals surface area contributed by atoms with Crippen molar-refractivity contribution in [2.75, 3.05) is 13.6 Å². The van der Waals surface area contributed by atoms with E-state index in [-0.39, 0.29) is 12.5 Å². The van der Waals surface area contributed by atoms with E-state index in [0.717, 1.165) is 11.6 Å².